The maximum Gasteiger partial charge on any atom is 0.254 e. The van der Waals surface area contributed by atoms with Crippen molar-refractivity contribution in [1.82, 2.24) is 20.2 Å². The fourth-order valence-corrected chi connectivity index (χ4v) is 2.13. The summed E-state index contributed by atoms with van der Waals surface area (Å²) in [6, 6.07) is 7.04. The van der Waals surface area contributed by atoms with Crippen molar-refractivity contribution in [3.63, 3.8) is 0 Å². The van der Waals surface area contributed by atoms with Gasteiger partial charge in [-0.15, -0.1) is 0 Å². The van der Waals surface area contributed by atoms with Gasteiger partial charge in [0.1, 0.15) is 0 Å². The maximum atomic E-state index is 12.0. The van der Waals surface area contributed by atoms with Crippen molar-refractivity contribution < 1.29 is 9.59 Å². The van der Waals surface area contributed by atoms with E-state index in [1.165, 1.54) is 19.3 Å². The predicted molar refractivity (Wildman–Crippen MR) is 97.3 cm³/mol. The summed E-state index contributed by atoms with van der Waals surface area (Å²) in [6.45, 7) is 3.05. The van der Waals surface area contributed by atoms with Crippen LogP contribution in [0.4, 0.5) is 11.6 Å². The Morgan fingerprint density at radius 2 is 1.68 bits per heavy atom. The largest absolute Gasteiger partial charge is 0.352 e. The molecule has 0 saturated carbocycles. The molecule has 0 aliphatic heterocycles. The molecule has 0 saturated heterocycles. The molecular weight excluding hydrogens is 318 g/mol. The van der Waals surface area contributed by atoms with Crippen LogP contribution >= 0.6 is 0 Å². The lowest BCUT2D eigenvalue weighted by molar-refractivity contribution is 0.0950. The first-order valence-corrected chi connectivity index (χ1v) is 8.08. The van der Waals surface area contributed by atoms with E-state index in [4.69, 9.17) is 0 Å². The summed E-state index contributed by atoms with van der Waals surface area (Å²) >= 11 is 0. The zero-order valence-electron chi connectivity index (χ0n) is 14.7. The lowest BCUT2D eigenvalue weighted by atomic mass is 10.1. The molecule has 132 valence electrons. The van der Waals surface area contributed by atoms with Crippen LogP contribution in [-0.2, 0) is 0 Å². The first-order valence-electron chi connectivity index (χ1n) is 8.08. The minimum absolute atomic E-state index is 0.0174. The van der Waals surface area contributed by atoms with Crippen LogP contribution in [0.2, 0.25) is 0 Å². The standard InChI is InChI=1S/C18H23N5O2/c1-13(24)14-5-7-16(8-6-14)22-18-20-11-15(12-21-18)17(25)19-9-4-10-23(2)3/h5-8,11-12H,4,9-10H2,1-3H3,(H,19,25)(H,20,21,22). The molecule has 7 heteroatoms. The van der Waals surface area contributed by atoms with Gasteiger partial charge in [0.25, 0.3) is 5.91 Å². The first-order chi connectivity index (χ1) is 12.0. The molecule has 2 rings (SSSR count). The van der Waals surface area contributed by atoms with Crippen LogP contribution in [-0.4, -0.2) is 53.7 Å². The SMILES string of the molecule is CC(=O)c1ccc(Nc2ncc(C(=O)NCCCN(C)C)cn2)cc1. The molecule has 25 heavy (non-hydrogen) atoms. The van der Waals surface area contributed by atoms with Crippen molar-refractivity contribution in [2.75, 3.05) is 32.5 Å². The minimum Gasteiger partial charge on any atom is -0.352 e. The van der Waals surface area contributed by atoms with Crippen LogP contribution < -0.4 is 10.6 Å². The molecule has 0 bridgehead atoms. The van der Waals surface area contributed by atoms with E-state index in [2.05, 4.69) is 25.5 Å². The van der Waals surface area contributed by atoms with Gasteiger partial charge in [-0.3, -0.25) is 9.59 Å². The average Bonchev–Trinajstić information content (AvgIpc) is 2.59. The number of Topliss-reactive ketones (excluding diaryl/α,β-unsaturated/α-hetero) is 1. The summed E-state index contributed by atoms with van der Waals surface area (Å²) in [4.78, 5) is 33.6. The van der Waals surface area contributed by atoms with Gasteiger partial charge in [-0.2, -0.15) is 0 Å². The molecule has 7 nitrogen and oxygen atoms in total. The van der Waals surface area contributed by atoms with Gasteiger partial charge in [0, 0.05) is 30.2 Å². The number of benzene rings is 1. The van der Waals surface area contributed by atoms with Gasteiger partial charge < -0.3 is 15.5 Å². The Balaban J connectivity index is 1.88. The van der Waals surface area contributed by atoms with Crippen LogP contribution in [0, 0.1) is 0 Å². The Hall–Kier alpha value is -2.80. The Morgan fingerprint density at radius 1 is 1.04 bits per heavy atom. The number of rotatable bonds is 8. The van der Waals surface area contributed by atoms with Gasteiger partial charge >= 0.3 is 0 Å². The van der Waals surface area contributed by atoms with Crippen LogP contribution in [0.1, 0.15) is 34.1 Å². The summed E-state index contributed by atoms with van der Waals surface area (Å²) in [5.41, 5.74) is 1.83. The number of amides is 1. The fraction of sp³-hybridized carbons (Fsp3) is 0.333. The molecule has 0 aliphatic rings. The topological polar surface area (TPSA) is 87.2 Å². The van der Waals surface area contributed by atoms with Crippen molar-refractivity contribution in [2.45, 2.75) is 13.3 Å². The quantitative estimate of drug-likeness (QED) is 0.565. The smallest absolute Gasteiger partial charge is 0.254 e. The number of carbonyl (C=O) groups is 2. The molecule has 1 aromatic heterocycles. The van der Waals surface area contributed by atoms with Crippen LogP contribution in [0.15, 0.2) is 36.7 Å². The van der Waals surface area contributed by atoms with Gasteiger partial charge in [-0.25, -0.2) is 9.97 Å². The number of nitrogens with one attached hydrogen (secondary N) is 2. The average molecular weight is 341 g/mol. The molecule has 2 aromatic rings. The minimum atomic E-state index is -0.184. The monoisotopic (exact) mass is 341 g/mol. The highest BCUT2D eigenvalue weighted by Crippen LogP contribution is 2.14. The number of nitrogens with zero attached hydrogens (tertiary/aromatic N) is 3. The number of aromatic nitrogens is 2. The number of ketones is 1. The van der Waals surface area contributed by atoms with E-state index in [0.717, 1.165) is 18.7 Å². The predicted octanol–water partition coefficient (Wildman–Crippen LogP) is 2.10. The van der Waals surface area contributed by atoms with E-state index in [9.17, 15) is 9.59 Å². The zero-order chi connectivity index (χ0) is 18.2. The highest BCUT2D eigenvalue weighted by molar-refractivity contribution is 5.94. The second-order valence-corrected chi connectivity index (χ2v) is 5.97. The molecule has 0 radical (unpaired) electrons. The van der Waals surface area contributed by atoms with Crippen molar-refractivity contribution >= 4 is 23.3 Å². The number of anilines is 2. The molecular formula is C18H23N5O2. The number of hydrogen-bond donors (Lipinski definition) is 2. The summed E-state index contributed by atoms with van der Waals surface area (Å²) in [5.74, 6) is 0.222. The van der Waals surface area contributed by atoms with E-state index in [-0.39, 0.29) is 11.7 Å². The molecule has 0 spiro atoms. The van der Waals surface area contributed by atoms with Crippen molar-refractivity contribution in [1.29, 1.82) is 0 Å². The van der Waals surface area contributed by atoms with Gasteiger partial charge in [-0.05, 0) is 58.3 Å². The van der Waals surface area contributed by atoms with Gasteiger partial charge in [0.05, 0.1) is 5.56 Å². The molecule has 1 amide bonds. The second kappa shape index (κ2) is 8.89. The van der Waals surface area contributed by atoms with Crippen molar-refractivity contribution in [2.24, 2.45) is 0 Å². The van der Waals surface area contributed by atoms with E-state index in [1.54, 1.807) is 24.3 Å². The molecule has 0 atom stereocenters. The molecule has 0 fully saturated rings. The third-order valence-corrected chi connectivity index (χ3v) is 3.53. The Bertz CT molecular complexity index is 711. The zero-order valence-corrected chi connectivity index (χ0v) is 14.7. The Kier molecular flexibility index (Phi) is 6.59. The van der Waals surface area contributed by atoms with Crippen molar-refractivity contribution in [3.05, 3.63) is 47.8 Å². The molecule has 1 aromatic carbocycles. The van der Waals surface area contributed by atoms with Gasteiger partial charge in [0.15, 0.2) is 5.78 Å². The first kappa shape index (κ1) is 18.5. The highest BCUT2D eigenvalue weighted by Gasteiger charge is 2.07. The van der Waals surface area contributed by atoms with E-state index in [0.29, 0.717) is 23.6 Å². The van der Waals surface area contributed by atoms with Gasteiger partial charge in [0.2, 0.25) is 5.95 Å². The second-order valence-electron chi connectivity index (χ2n) is 5.97. The highest BCUT2D eigenvalue weighted by atomic mass is 16.1. The van der Waals surface area contributed by atoms with Crippen LogP contribution in [0.3, 0.4) is 0 Å². The van der Waals surface area contributed by atoms with Crippen LogP contribution in [0.25, 0.3) is 0 Å². The third-order valence-electron chi connectivity index (χ3n) is 3.53. The van der Waals surface area contributed by atoms with Crippen molar-refractivity contribution in [3.8, 4) is 0 Å². The summed E-state index contributed by atoms with van der Waals surface area (Å²) < 4.78 is 0. The Labute approximate surface area is 147 Å². The third kappa shape index (κ3) is 5.96. The molecule has 1 heterocycles. The van der Waals surface area contributed by atoms with E-state index >= 15 is 0 Å². The molecule has 0 unspecified atom stereocenters. The lowest BCUT2D eigenvalue weighted by Gasteiger charge is -2.10. The summed E-state index contributed by atoms with van der Waals surface area (Å²) in [6.07, 6.45) is 3.86. The molecule has 2 N–H and O–H groups in total. The number of hydrogen-bond acceptors (Lipinski definition) is 6. The van der Waals surface area contributed by atoms with Gasteiger partial charge in [-0.1, -0.05) is 0 Å². The normalized spacial score (nSPS) is 10.6. The lowest BCUT2D eigenvalue weighted by Crippen LogP contribution is -2.27. The van der Waals surface area contributed by atoms with Crippen LogP contribution in [0.5, 0.6) is 0 Å². The van der Waals surface area contributed by atoms with E-state index < -0.39 is 0 Å². The summed E-state index contributed by atoms with van der Waals surface area (Å²) in [5, 5.41) is 5.87. The Morgan fingerprint density at radius 3 is 2.24 bits per heavy atom. The molecule has 0 aliphatic carbocycles. The fourth-order valence-electron chi connectivity index (χ4n) is 2.13. The number of carbonyl (C=O) groups excluding carboxylic acids is 2. The summed E-state index contributed by atoms with van der Waals surface area (Å²) in [7, 11) is 3.99. The maximum absolute atomic E-state index is 12.0. The van der Waals surface area contributed by atoms with E-state index in [1.807, 2.05) is 14.1 Å².